The van der Waals surface area contributed by atoms with Gasteiger partial charge in [-0.3, -0.25) is 4.79 Å². The van der Waals surface area contributed by atoms with Crippen molar-refractivity contribution in [2.75, 3.05) is 0 Å². The molecule has 0 saturated carbocycles. The number of rotatable bonds is 3. The predicted molar refractivity (Wildman–Crippen MR) is 42.1 cm³/mol. The first kappa shape index (κ1) is 9.53. The first-order chi connectivity index (χ1) is 6.02. The minimum absolute atomic E-state index is 0.0903. The van der Waals surface area contributed by atoms with Crippen LogP contribution in [0.25, 0.3) is 0 Å². The highest BCUT2D eigenvalue weighted by molar-refractivity contribution is 5.71. The van der Waals surface area contributed by atoms with Crippen molar-refractivity contribution in [3.05, 3.63) is 21.7 Å². The van der Waals surface area contributed by atoms with Crippen LogP contribution in [0.5, 0.6) is 0 Å². The molecule has 0 spiro atoms. The van der Waals surface area contributed by atoms with E-state index in [-0.39, 0.29) is 12.0 Å². The minimum atomic E-state index is -1.03. The van der Waals surface area contributed by atoms with Gasteiger partial charge in [0.15, 0.2) is 6.04 Å². The summed E-state index contributed by atoms with van der Waals surface area (Å²) >= 11 is 0. The highest BCUT2D eigenvalue weighted by Gasteiger charge is 2.20. The number of H-pyrrole nitrogens is 1. The van der Waals surface area contributed by atoms with Crippen molar-refractivity contribution in [2.45, 2.75) is 19.4 Å². The van der Waals surface area contributed by atoms with Crippen LogP contribution in [0.15, 0.2) is 9.32 Å². The number of quaternary nitrogens is 1. The molecule has 1 heterocycles. The van der Waals surface area contributed by atoms with Crippen LogP contribution in [0.4, 0.5) is 0 Å². The first-order valence-corrected chi connectivity index (χ1v) is 3.75. The predicted octanol–water partition coefficient (Wildman–Crippen LogP) is -1.49. The van der Waals surface area contributed by atoms with E-state index in [1.807, 2.05) is 0 Å². The normalized spacial score (nSPS) is 12.8. The number of carboxylic acids is 1. The second kappa shape index (κ2) is 3.44. The van der Waals surface area contributed by atoms with Crippen LogP contribution in [0.2, 0.25) is 0 Å². The molecule has 0 unspecified atom stereocenters. The molecule has 13 heavy (non-hydrogen) atoms. The summed E-state index contributed by atoms with van der Waals surface area (Å²) in [6.45, 7) is 1.60. The highest BCUT2D eigenvalue weighted by Crippen LogP contribution is 2.02. The Hall–Kier alpha value is -1.56. The van der Waals surface area contributed by atoms with Gasteiger partial charge in [0.25, 0.3) is 5.56 Å². The van der Waals surface area contributed by atoms with Crippen LogP contribution in [0.1, 0.15) is 11.3 Å². The molecule has 5 N–H and O–H groups in total. The quantitative estimate of drug-likeness (QED) is 0.535. The van der Waals surface area contributed by atoms with E-state index in [1.165, 1.54) is 0 Å². The second-order valence-corrected chi connectivity index (χ2v) is 2.81. The van der Waals surface area contributed by atoms with Gasteiger partial charge in [0.2, 0.25) is 0 Å². The number of aromatic amines is 1. The van der Waals surface area contributed by atoms with Crippen molar-refractivity contribution < 1.29 is 20.2 Å². The summed E-state index contributed by atoms with van der Waals surface area (Å²) in [5.74, 6) is -0.611. The van der Waals surface area contributed by atoms with Crippen molar-refractivity contribution in [3.63, 3.8) is 0 Å². The molecule has 0 aliphatic rings. The number of hydrogen-bond donors (Lipinski definition) is 3. The molecule has 0 amide bonds. The van der Waals surface area contributed by atoms with Crippen molar-refractivity contribution in [1.29, 1.82) is 0 Å². The molecule has 0 bridgehead atoms. The fraction of sp³-hybridized carbons (Fsp3) is 0.429. The number of aliphatic carboxylic acids is 1. The molecule has 0 saturated heterocycles. The van der Waals surface area contributed by atoms with Crippen molar-refractivity contribution in [3.8, 4) is 0 Å². The number of carbonyl (C=O) groups is 1. The molecule has 0 fully saturated rings. The van der Waals surface area contributed by atoms with Crippen molar-refractivity contribution in [2.24, 2.45) is 0 Å². The van der Waals surface area contributed by atoms with Gasteiger partial charge in [0.1, 0.15) is 5.76 Å². The van der Waals surface area contributed by atoms with Gasteiger partial charge in [-0.05, 0) is 6.92 Å². The van der Waals surface area contributed by atoms with Gasteiger partial charge in [-0.1, -0.05) is 0 Å². The largest absolute Gasteiger partial charge is 0.477 e. The Balaban J connectivity index is 2.85. The Labute approximate surface area is 73.3 Å². The van der Waals surface area contributed by atoms with E-state index in [1.54, 1.807) is 6.92 Å². The third-order valence-corrected chi connectivity index (χ3v) is 1.80. The van der Waals surface area contributed by atoms with Crippen LogP contribution in [0, 0.1) is 6.92 Å². The summed E-state index contributed by atoms with van der Waals surface area (Å²) in [6.07, 6.45) is 0.0903. The second-order valence-electron chi connectivity index (χ2n) is 2.81. The van der Waals surface area contributed by atoms with Gasteiger partial charge in [-0.25, -0.2) is 4.79 Å². The van der Waals surface area contributed by atoms with Crippen LogP contribution < -0.4 is 11.3 Å². The van der Waals surface area contributed by atoms with Gasteiger partial charge in [0.05, 0.1) is 5.56 Å². The Morgan fingerprint density at radius 1 is 1.77 bits per heavy atom. The number of nitrogens with one attached hydrogen (secondary N) is 1. The van der Waals surface area contributed by atoms with E-state index < -0.39 is 12.0 Å². The summed E-state index contributed by atoms with van der Waals surface area (Å²) in [7, 11) is 0. The number of hydrogen-bond acceptors (Lipinski definition) is 3. The van der Waals surface area contributed by atoms with Gasteiger partial charge in [-0.2, -0.15) is 5.16 Å². The molecule has 72 valence electrons. The lowest BCUT2D eigenvalue weighted by Gasteiger charge is -1.99. The summed E-state index contributed by atoms with van der Waals surface area (Å²) in [4.78, 5) is 21.5. The van der Waals surface area contributed by atoms with Gasteiger partial charge in [0, 0.05) is 6.42 Å². The van der Waals surface area contributed by atoms with Crippen molar-refractivity contribution >= 4 is 5.97 Å². The summed E-state index contributed by atoms with van der Waals surface area (Å²) in [5, 5.41) is 10.7. The summed E-state index contributed by atoms with van der Waals surface area (Å²) < 4.78 is 4.72. The number of carboxylic acid groups (broad SMARTS) is 1. The molecule has 0 aromatic carbocycles. The zero-order valence-corrected chi connectivity index (χ0v) is 7.16. The standard InChI is InChI=1S/C7H10N2O4/c1-3-4(6(10)9-13-3)2-5(8)7(11)12/h5H,2,8H2,1H3,(H,9,10)(H,11,12)/p+1/t5-/m0/s1. The molecular formula is C7H11N2O4+. The van der Waals surface area contributed by atoms with E-state index in [4.69, 9.17) is 9.63 Å². The molecule has 1 rings (SSSR count). The Bertz CT molecular complexity index is 365. The van der Waals surface area contributed by atoms with Gasteiger partial charge >= 0.3 is 5.97 Å². The molecule has 0 radical (unpaired) electrons. The van der Waals surface area contributed by atoms with Crippen LogP contribution >= 0.6 is 0 Å². The molecule has 1 atom stereocenters. The molecule has 6 heteroatoms. The monoisotopic (exact) mass is 187 g/mol. The topological polar surface area (TPSA) is 111 Å². The molecule has 0 aliphatic heterocycles. The molecule has 6 nitrogen and oxygen atoms in total. The fourth-order valence-electron chi connectivity index (χ4n) is 0.976. The SMILES string of the molecule is Cc1o[nH]c(=O)c1C[C@H]([NH3+])C(=O)O. The Kier molecular flexibility index (Phi) is 2.52. The average molecular weight is 187 g/mol. The molecule has 1 aromatic heterocycles. The van der Waals surface area contributed by atoms with E-state index >= 15 is 0 Å². The van der Waals surface area contributed by atoms with Gasteiger partial charge in [-0.15, -0.1) is 0 Å². The lowest BCUT2D eigenvalue weighted by Crippen LogP contribution is -2.66. The van der Waals surface area contributed by atoms with E-state index in [0.29, 0.717) is 11.3 Å². The molecule has 1 aromatic rings. The van der Waals surface area contributed by atoms with Crippen LogP contribution in [0.3, 0.4) is 0 Å². The number of aromatic nitrogens is 1. The number of aryl methyl sites for hydroxylation is 1. The van der Waals surface area contributed by atoms with Crippen molar-refractivity contribution in [1.82, 2.24) is 5.16 Å². The summed E-state index contributed by atoms with van der Waals surface area (Å²) in [6, 6.07) is -0.822. The molecular weight excluding hydrogens is 176 g/mol. The zero-order valence-electron chi connectivity index (χ0n) is 7.16. The van der Waals surface area contributed by atoms with E-state index in [0.717, 1.165) is 0 Å². The highest BCUT2D eigenvalue weighted by atomic mass is 16.5. The van der Waals surface area contributed by atoms with Gasteiger partial charge < -0.3 is 15.4 Å². The Morgan fingerprint density at radius 2 is 2.38 bits per heavy atom. The third-order valence-electron chi connectivity index (χ3n) is 1.80. The zero-order chi connectivity index (χ0) is 10.0. The van der Waals surface area contributed by atoms with E-state index in [2.05, 4.69) is 10.9 Å². The summed E-state index contributed by atoms with van der Waals surface area (Å²) in [5.41, 5.74) is 3.37. The third kappa shape index (κ3) is 1.97. The maximum absolute atomic E-state index is 11.0. The minimum Gasteiger partial charge on any atom is -0.477 e. The maximum Gasteiger partial charge on any atom is 0.362 e. The first-order valence-electron chi connectivity index (χ1n) is 3.75. The Morgan fingerprint density at radius 3 is 2.77 bits per heavy atom. The lowest BCUT2D eigenvalue weighted by molar-refractivity contribution is -0.407. The lowest BCUT2D eigenvalue weighted by atomic mass is 10.1. The average Bonchev–Trinajstić information content (AvgIpc) is 2.35. The van der Waals surface area contributed by atoms with E-state index in [9.17, 15) is 9.59 Å². The fourth-order valence-corrected chi connectivity index (χ4v) is 0.976. The van der Waals surface area contributed by atoms with Crippen LogP contribution in [-0.4, -0.2) is 22.3 Å². The smallest absolute Gasteiger partial charge is 0.362 e. The van der Waals surface area contributed by atoms with Crippen LogP contribution in [-0.2, 0) is 11.2 Å². The molecule has 0 aliphatic carbocycles. The maximum atomic E-state index is 11.0.